The number of hydrogen-bond acceptors (Lipinski definition) is 6. The van der Waals surface area contributed by atoms with Gasteiger partial charge in [0.05, 0.1) is 16.4 Å². The number of nitrogens with two attached hydrogens (primary N) is 1. The zero-order valence-corrected chi connectivity index (χ0v) is 16.4. The second-order valence-corrected chi connectivity index (χ2v) is 7.62. The highest BCUT2D eigenvalue weighted by Gasteiger charge is 2.27. The predicted molar refractivity (Wildman–Crippen MR) is 107 cm³/mol. The quantitative estimate of drug-likeness (QED) is 0.698. The van der Waals surface area contributed by atoms with Crippen LogP contribution in [0.25, 0.3) is 0 Å². The highest BCUT2D eigenvalue weighted by Crippen LogP contribution is 2.17. The fraction of sp³-hybridized carbons (Fsp3) is 0.300. The molecule has 1 aliphatic heterocycles. The Morgan fingerprint density at radius 3 is 2.76 bits per heavy atom. The zero-order chi connectivity index (χ0) is 20.8. The smallest absolute Gasteiger partial charge is 0.338 e. The number of nitrogens with zero attached hydrogens (tertiary/aromatic N) is 1. The highest BCUT2D eigenvalue weighted by atomic mass is 32.1. The molecule has 1 saturated heterocycles. The predicted octanol–water partition coefficient (Wildman–Crippen LogP) is 1.88. The van der Waals surface area contributed by atoms with Crippen molar-refractivity contribution in [3.05, 3.63) is 52.2 Å². The van der Waals surface area contributed by atoms with E-state index in [0.29, 0.717) is 30.0 Å². The van der Waals surface area contributed by atoms with Crippen LogP contribution in [0.3, 0.4) is 0 Å². The van der Waals surface area contributed by atoms with Gasteiger partial charge in [0.2, 0.25) is 5.91 Å². The van der Waals surface area contributed by atoms with Crippen LogP contribution in [0.15, 0.2) is 41.8 Å². The van der Waals surface area contributed by atoms with Crippen LogP contribution in [0, 0.1) is 5.92 Å². The molecule has 9 heteroatoms. The van der Waals surface area contributed by atoms with Gasteiger partial charge in [-0.2, -0.15) is 0 Å². The van der Waals surface area contributed by atoms with E-state index in [1.54, 1.807) is 29.6 Å². The summed E-state index contributed by atoms with van der Waals surface area (Å²) in [5.41, 5.74) is 5.98. The molecular weight excluding hydrogens is 394 g/mol. The number of likely N-dealkylation sites (tertiary alicyclic amines) is 1. The van der Waals surface area contributed by atoms with Crippen LogP contribution in [-0.4, -0.2) is 48.3 Å². The fourth-order valence-electron chi connectivity index (χ4n) is 3.06. The molecule has 152 valence electrons. The number of benzene rings is 1. The van der Waals surface area contributed by atoms with Crippen molar-refractivity contribution in [3.63, 3.8) is 0 Å². The standard InChI is InChI=1S/C20H21N3O5S/c21-18(25)14-5-2-8-23(11-14)17(24)12-28-20(27)13-4-1-6-15(10-13)22-19(26)16-7-3-9-29-16/h1,3-4,6-7,9-10,14H,2,5,8,11-12H2,(H2,21,25)(H,22,26)/t14-/m0/s1. The minimum absolute atomic E-state index is 0.218. The second-order valence-electron chi connectivity index (χ2n) is 6.67. The maximum Gasteiger partial charge on any atom is 0.338 e. The fourth-order valence-corrected chi connectivity index (χ4v) is 3.68. The third kappa shape index (κ3) is 5.41. The van der Waals surface area contributed by atoms with Crippen LogP contribution in [0.1, 0.15) is 32.9 Å². The summed E-state index contributed by atoms with van der Waals surface area (Å²) in [7, 11) is 0. The molecule has 3 N–H and O–H groups in total. The molecule has 1 fully saturated rings. The molecule has 2 aromatic rings. The molecule has 2 heterocycles. The summed E-state index contributed by atoms with van der Waals surface area (Å²) in [6.07, 6.45) is 1.34. The van der Waals surface area contributed by atoms with E-state index < -0.39 is 18.5 Å². The molecule has 0 unspecified atom stereocenters. The lowest BCUT2D eigenvalue weighted by Gasteiger charge is -2.31. The average Bonchev–Trinajstić information content (AvgIpc) is 3.27. The minimum Gasteiger partial charge on any atom is -0.452 e. The van der Waals surface area contributed by atoms with Gasteiger partial charge in [-0.05, 0) is 42.5 Å². The van der Waals surface area contributed by atoms with Crippen molar-refractivity contribution >= 4 is 40.7 Å². The van der Waals surface area contributed by atoms with E-state index in [4.69, 9.17) is 10.5 Å². The molecule has 3 rings (SSSR count). The van der Waals surface area contributed by atoms with Crippen LogP contribution in [0.2, 0.25) is 0 Å². The van der Waals surface area contributed by atoms with Gasteiger partial charge in [-0.1, -0.05) is 12.1 Å². The van der Waals surface area contributed by atoms with Crippen molar-refractivity contribution in [3.8, 4) is 0 Å². The van der Waals surface area contributed by atoms with E-state index in [9.17, 15) is 19.2 Å². The Balaban J connectivity index is 1.54. The van der Waals surface area contributed by atoms with Crippen molar-refractivity contribution in [2.24, 2.45) is 11.7 Å². The SMILES string of the molecule is NC(=O)[C@H]1CCCN(C(=O)COC(=O)c2cccc(NC(=O)c3cccs3)c2)C1. The summed E-state index contributed by atoms with van der Waals surface area (Å²) in [6.45, 7) is 0.330. The number of amides is 3. The molecule has 0 saturated carbocycles. The normalized spacial score (nSPS) is 16.1. The van der Waals surface area contributed by atoms with Crippen molar-refractivity contribution < 1.29 is 23.9 Å². The Bertz CT molecular complexity index is 913. The molecule has 1 aliphatic rings. The van der Waals surface area contributed by atoms with Crippen LogP contribution in [0.4, 0.5) is 5.69 Å². The van der Waals surface area contributed by atoms with Gasteiger partial charge in [0.15, 0.2) is 6.61 Å². The first-order valence-electron chi connectivity index (χ1n) is 9.13. The number of hydrogen-bond donors (Lipinski definition) is 2. The summed E-state index contributed by atoms with van der Waals surface area (Å²) in [6, 6.07) is 9.78. The molecular formula is C20H21N3O5S. The number of ether oxygens (including phenoxy) is 1. The Hall–Kier alpha value is -3.20. The molecule has 1 atom stereocenters. The van der Waals surface area contributed by atoms with Crippen LogP contribution in [-0.2, 0) is 14.3 Å². The molecule has 1 aromatic carbocycles. The van der Waals surface area contributed by atoms with Gasteiger partial charge in [-0.15, -0.1) is 11.3 Å². The van der Waals surface area contributed by atoms with E-state index in [0.717, 1.165) is 0 Å². The lowest BCUT2D eigenvalue weighted by molar-refractivity contribution is -0.137. The monoisotopic (exact) mass is 415 g/mol. The zero-order valence-electron chi connectivity index (χ0n) is 15.6. The van der Waals surface area contributed by atoms with Crippen molar-refractivity contribution in [1.29, 1.82) is 0 Å². The van der Waals surface area contributed by atoms with Crippen molar-refractivity contribution in [1.82, 2.24) is 4.90 Å². The topological polar surface area (TPSA) is 119 Å². The average molecular weight is 415 g/mol. The van der Waals surface area contributed by atoms with Crippen LogP contribution >= 0.6 is 11.3 Å². The Morgan fingerprint density at radius 1 is 1.21 bits per heavy atom. The molecule has 8 nitrogen and oxygen atoms in total. The van der Waals surface area contributed by atoms with Gasteiger partial charge in [0, 0.05) is 18.8 Å². The maximum atomic E-state index is 12.3. The van der Waals surface area contributed by atoms with E-state index in [1.165, 1.54) is 28.4 Å². The van der Waals surface area contributed by atoms with Gasteiger partial charge in [-0.25, -0.2) is 4.79 Å². The van der Waals surface area contributed by atoms with Crippen LogP contribution < -0.4 is 11.1 Å². The van der Waals surface area contributed by atoms with Gasteiger partial charge in [-0.3, -0.25) is 14.4 Å². The number of anilines is 1. The number of carbonyl (C=O) groups excluding carboxylic acids is 4. The molecule has 0 radical (unpaired) electrons. The van der Waals surface area contributed by atoms with Gasteiger partial charge in [0.1, 0.15) is 0 Å². The summed E-state index contributed by atoms with van der Waals surface area (Å²) >= 11 is 1.31. The number of thiophene rings is 1. The van der Waals surface area contributed by atoms with Crippen molar-refractivity contribution in [2.75, 3.05) is 25.0 Å². The Labute approximate surface area is 171 Å². The van der Waals surface area contributed by atoms with E-state index >= 15 is 0 Å². The number of primary amides is 1. The number of nitrogens with one attached hydrogen (secondary N) is 1. The molecule has 0 aliphatic carbocycles. The van der Waals surface area contributed by atoms with E-state index in [-0.39, 0.29) is 29.8 Å². The molecule has 0 bridgehead atoms. The third-order valence-electron chi connectivity index (χ3n) is 4.60. The number of esters is 1. The van der Waals surface area contributed by atoms with Gasteiger partial charge >= 0.3 is 5.97 Å². The first-order valence-corrected chi connectivity index (χ1v) is 10.0. The number of carbonyl (C=O) groups is 4. The van der Waals surface area contributed by atoms with E-state index in [1.807, 2.05) is 0 Å². The lowest BCUT2D eigenvalue weighted by atomic mass is 9.97. The van der Waals surface area contributed by atoms with Gasteiger partial charge < -0.3 is 20.7 Å². The summed E-state index contributed by atoms with van der Waals surface area (Å²) in [5.74, 6) is -2.11. The Morgan fingerprint density at radius 2 is 2.03 bits per heavy atom. The molecule has 0 spiro atoms. The first-order chi connectivity index (χ1) is 13.9. The maximum absolute atomic E-state index is 12.3. The Kier molecular flexibility index (Phi) is 6.61. The summed E-state index contributed by atoms with van der Waals surface area (Å²) in [5, 5.41) is 4.52. The largest absolute Gasteiger partial charge is 0.452 e. The lowest BCUT2D eigenvalue weighted by Crippen LogP contribution is -2.45. The van der Waals surface area contributed by atoms with Crippen LogP contribution in [0.5, 0.6) is 0 Å². The number of rotatable bonds is 6. The summed E-state index contributed by atoms with van der Waals surface area (Å²) < 4.78 is 5.11. The molecule has 1 aromatic heterocycles. The third-order valence-corrected chi connectivity index (χ3v) is 5.47. The minimum atomic E-state index is -0.672. The van der Waals surface area contributed by atoms with Crippen molar-refractivity contribution in [2.45, 2.75) is 12.8 Å². The highest BCUT2D eigenvalue weighted by molar-refractivity contribution is 7.12. The second kappa shape index (κ2) is 9.33. The molecule has 3 amide bonds. The van der Waals surface area contributed by atoms with Gasteiger partial charge in [0.25, 0.3) is 11.8 Å². The number of piperidine rings is 1. The first kappa shape index (κ1) is 20.5. The molecule has 29 heavy (non-hydrogen) atoms. The summed E-state index contributed by atoms with van der Waals surface area (Å²) in [4.78, 5) is 50.1. The van der Waals surface area contributed by atoms with E-state index in [2.05, 4.69) is 5.32 Å².